The number of nitrogens with zero attached hydrogens (tertiary/aromatic N) is 1. The Labute approximate surface area is 158 Å². The number of halogens is 1. The fraction of sp³-hybridized carbons (Fsp3) is 0.316. The monoisotopic (exact) mass is 391 g/mol. The molecule has 2 aromatic carbocycles. The molecular weight excluding hydrogens is 369 g/mol. The van der Waals surface area contributed by atoms with E-state index in [0.29, 0.717) is 24.7 Å². The van der Waals surface area contributed by atoms with Crippen molar-refractivity contribution in [3.05, 3.63) is 59.9 Å². The van der Waals surface area contributed by atoms with Gasteiger partial charge in [-0.1, -0.05) is 12.1 Å². The van der Waals surface area contributed by atoms with Gasteiger partial charge in [0.15, 0.2) is 0 Å². The number of hydrogen-bond acceptors (Lipinski definition) is 4. The van der Waals surface area contributed by atoms with Crippen molar-refractivity contribution in [1.29, 1.82) is 0 Å². The first-order valence-electron chi connectivity index (χ1n) is 8.72. The summed E-state index contributed by atoms with van der Waals surface area (Å²) >= 11 is 0. The van der Waals surface area contributed by atoms with Crippen LogP contribution < -0.4 is 10.5 Å². The number of carbonyl (C=O) groups is 1. The van der Waals surface area contributed by atoms with Crippen molar-refractivity contribution in [3.8, 4) is 0 Å². The van der Waals surface area contributed by atoms with Gasteiger partial charge in [-0.05, 0) is 60.8 Å². The van der Waals surface area contributed by atoms with E-state index in [-0.39, 0.29) is 17.2 Å². The summed E-state index contributed by atoms with van der Waals surface area (Å²) in [5.41, 5.74) is 6.83. The second kappa shape index (κ2) is 8.06. The molecular formula is C19H22FN3O3S. The number of amides is 1. The van der Waals surface area contributed by atoms with Crippen LogP contribution in [0, 0.1) is 11.7 Å². The van der Waals surface area contributed by atoms with Crippen molar-refractivity contribution in [1.82, 2.24) is 4.90 Å². The van der Waals surface area contributed by atoms with Crippen LogP contribution >= 0.6 is 0 Å². The maximum Gasteiger partial charge on any atom is 0.261 e. The third-order valence-electron chi connectivity index (χ3n) is 4.66. The molecule has 3 N–H and O–H groups in total. The van der Waals surface area contributed by atoms with E-state index in [1.807, 2.05) is 4.90 Å². The van der Waals surface area contributed by atoms with Gasteiger partial charge in [-0.3, -0.25) is 9.52 Å². The number of nitrogens with two attached hydrogens (primary N) is 1. The Balaban J connectivity index is 1.62. The lowest BCUT2D eigenvalue weighted by Crippen LogP contribution is -2.31. The van der Waals surface area contributed by atoms with Crippen molar-refractivity contribution < 1.29 is 17.6 Å². The number of anilines is 1. The van der Waals surface area contributed by atoms with Crippen LogP contribution in [0.25, 0.3) is 0 Å². The molecule has 1 fully saturated rings. The summed E-state index contributed by atoms with van der Waals surface area (Å²) < 4.78 is 40.0. The Bertz CT molecular complexity index is 899. The SMILES string of the molecule is NCC1CCN(C(=O)Cc2ccc(NS(=O)(=O)c3ccc(F)cc3)cc2)C1. The summed E-state index contributed by atoms with van der Waals surface area (Å²) in [6.07, 6.45) is 1.20. The first-order valence-corrected chi connectivity index (χ1v) is 10.2. The molecule has 3 rings (SSSR count). The number of hydrogen-bond donors (Lipinski definition) is 2. The number of carbonyl (C=O) groups excluding carboxylic acids is 1. The molecule has 0 radical (unpaired) electrons. The highest BCUT2D eigenvalue weighted by Crippen LogP contribution is 2.19. The minimum Gasteiger partial charge on any atom is -0.342 e. The number of benzene rings is 2. The lowest BCUT2D eigenvalue weighted by atomic mass is 10.1. The average Bonchev–Trinajstić information content (AvgIpc) is 3.13. The number of rotatable bonds is 6. The topological polar surface area (TPSA) is 92.5 Å². The van der Waals surface area contributed by atoms with Gasteiger partial charge >= 0.3 is 0 Å². The molecule has 6 nitrogen and oxygen atoms in total. The van der Waals surface area contributed by atoms with Crippen LogP contribution in [-0.4, -0.2) is 38.9 Å². The summed E-state index contributed by atoms with van der Waals surface area (Å²) in [5, 5.41) is 0. The summed E-state index contributed by atoms with van der Waals surface area (Å²) in [6, 6.07) is 11.2. The maximum atomic E-state index is 13.0. The molecule has 1 unspecified atom stereocenters. The van der Waals surface area contributed by atoms with Gasteiger partial charge in [0.1, 0.15) is 5.82 Å². The van der Waals surface area contributed by atoms with Crippen LogP contribution in [0.3, 0.4) is 0 Å². The molecule has 0 spiro atoms. The second-order valence-electron chi connectivity index (χ2n) is 6.66. The predicted molar refractivity (Wildman–Crippen MR) is 101 cm³/mol. The number of likely N-dealkylation sites (tertiary alicyclic amines) is 1. The molecule has 2 aromatic rings. The van der Waals surface area contributed by atoms with Crippen LogP contribution in [0.1, 0.15) is 12.0 Å². The summed E-state index contributed by atoms with van der Waals surface area (Å²) in [6.45, 7) is 2.02. The molecule has 1 aliphatic rings. The van der Waals surface area contributed by atoms with Gasteiger partial charge < -0.3 is 10.6 Å². The van der Waals surface area contributed by atoms with Crippen LogP contribution in [0.2, 0.25) is 0 Å². The normalized spacial score (nSPS) is 17.1. The molecule has 144 valence electrons. The van der Waals surface area contributed by atoms with E-state index in [2.05, 4.69) is 4.72 Å². The molecule has 0 bridgehead atoms. The Morgan fingerprint density at radius 1 is 1.15 bits per heavy atom. The van der Waals surface area contributed by atoms with E-state index in [1.165, 1.54) is 12.1 Å². The zero-order valence-corrected chi connectivity index (χ0v) is 15.6. The van der Waals surface area contributed by atoms with Crippen molar-refractivity contribution in [2.45, 2.75) is 17.7 Å². The highest BCUT2D eigenvalue weighted by Gasteiger charge is 2.25. The maximum absolute atomic E-state index is 13.0. The summed E-state index contributed by atoms with van der Waals surface area (Å²) in [5.74, 6) is -0.0819. The average molecular weight is 391 g/mol. The lowest BCUT2D eigenvalue weighted by molar-refractivity contribution is -0.129. The van der Waals surface area contributed by atoms with Gasteiger partial charge in [-0.25, -0.2) is 12.8 Å². The first-order chi connectivity index (χ1) is 12.9. The van der Waals surface area contributed by atoms with Crippen LogP contribution in [0.5, 0.6) is 0 Å². The zero-order valence-electron chi connectivity index (χ0n) is 14.8. The molecule has 27 heavy (non-hydrogen) atoms. The van der Waals surface area contributed by atoms with Gasteiger partial charge in [0, 0.05) is 18.8 Å². The fourth-order valence-corrected chi connectivity index (χ4v) is 4.12. The Morgan fingerprint density at radius 2 is 1.81 bits per heavy atom. The molecule has 0 saturated carbocycles. The predicted octanol–water partition coefficient (Wildman–Crippen LogP) is 1.98. The quantitative estimate of drug-likeness (QED) is 0.788. The molecule has 0 aliphatic carbocycles. The standard InChI is InChI=1S/C19H22FN3O3S/c20-16-3-7-18(8-4-16)27(25,26)22-17-5-1-14(2-6-17)11-19(24)23-10-9-15(12-21)13-23/h1-8,15,22H,9-13,21H2. The van der Waals surface area contributed by atoms with E-state index in [1.54, 1.807) is 24.3 Å². The summed E-state index contributed by atoms with van der Waals surface area (Å²) in [4.78, 5) is 14.1. The molecule has 0 aromatic heterocycles. The van der Waals surface area contributed by atoms with E-state index < -0.39 is 15.8 Å². The van der Waals surface area contributed by atoms with E-state index >= 15 is 0 Å². The van der Waals surface area contributed by atoms with Gasteiger partial charge in [-0.2, -0.15) is 0 Å². The molecule has 1 heterocycles. The third-order valence-corrected chi connectivity index (χ3v) is 6.05. The minimum absolute atomic E-state index is 0.0216. The largest absolute Gasteiger partial charge is 0.342 e. The first kappa shape index (κ1) is 19.3. The molecule has 1 atom stereocenters. The van der Waals surface area contributed by atoms with Crippen molar-refractivity contribution in [2.75, 3.05) is 24.4 Å². The molecule has 1 amide bonds. The van der Waals surface area contributed by atoms with E-state index in [9.17, 15) is 17.6 Å². The Hall–Kier alpha value is -2.45. The van der Waals surface area contributed by atoms with E-state index in [4.69, 9.17) is 5.73 Å². The highest BCUT2D eigenvalue weighted by molar-refractivity contribution is 7.92. The molecule has 1 aliphatic heterocycles. The van der Waals surface area contributed by atoms with Crippen LogP contribution in [0.4, 0.5) is 10.1 Å². The van der Waals surface area contributed by atoms with E-state index in [0.717, 1.165) is 30.7 Å². The minimum atomic E-state index is -3.79. The Morgan fingerprint density at radius 3 is 2.41 bits per heavy atom. The number of nitrogens with one attached hydrogen (secondary N) is 1. The van der Waals surface area contributed by atoms with Gasteiger partial charge in [0.2, 0.25) is 5.91 Å². The van der Waals surface area contributed by atoms with Crippen molar-refractivity contribution >= 4 is 21.6 Å². The van der Waals surface area contributed by atoms with Gasteiger partial charge in [0.05, 0.1) is 11.3 Å². The second-order valence-corrected chi connectivity index (χ2v) is 8.35. The van der Waals surface area contributed by atoms with Gasteiger partial charge in [0.25, 0.3) is 10.0 Å². The van der Waals surface area contributed by atoms with Crippen molar-refractivity contribution in [2.24, 2.45) is 11.7 Å². The van der Waals surface area contributed by atoms with Crippen LogP contribution in [-0.2, 0) is 21.2 Å². The highest BCUT2D eigenvalue weighted by atomic mass is 32.2. The molecule has 1 saturated heterocycles. The molecule has 8 heteroatoms. The van der Waals surface area contributed by atoms with Crippen molar-refractivity contribution in [3.63, 3.8) is 0 Å². The fourth-order valence-electron chi connectivity index (χ4n) is 3.06. The third kappa shape index (κ3) is 4.84. The Kier molecular flexibility index (Phi) is 5.76. The van der Waals surface area contributed by atoms with Crippen LogP contribution in [0.15, 0.2) is 53.4 Å². The zero-order chi connectivity index (χ0) is 19.4. The van der Waals surface area contributed by atoms with Gasteiger partial charge in [-0.15, -0.1) is 0 Å². The number of sulfonamides is 1. The lowest BCUT2D eigenvalue weighted by Gasteiger charge is -2.16. The smallest absolute Gasteiger partial charge is 0.261 e. The summed E-state index contributed by atoms with van der Waals surface area (Å²) in [7, 11) is -3.79.